The average Bonchev–Trinajstić information content (AvgIpc) is 2.38. The standard InChI is InChI=1S/C13H17F3N2O2S/c1-17-5-7-18(8-6-17)21(19,20)10-11-3-2-4-12(9-11)13(14,15)16/h2-4,9H,5-8,10H2,1H3/p+1. The summed E-state index contributed by atoms with van der Waals surface area (Å²) in [4.78, 5) is 1.25. The number of sulfonamides is 1. The first-order valence-corrected chi connectivity index (χ1v) is 8.25. The van der Waals surface area contributed by atoms with Gasteiger partial charge in [-0.3, -0.25) is 0 Å². The lowest BCUT2D eigenvalue weighted by atomic mass is 10.1. The first-order chi connectivity index (χ1) is 9.68. The SMILES string of the molecule is C[NH+]1CCN(S(=O)(=O)Cc2cccc(C(F)(F)F)c2)CC1. The molecule has 8 heteroatoms. The van der Waals surface area contributed by atoms with Crippen molar-refractivity contribution < 1.29 is 26.5 Å². The van der Waals surface area contributed by atoms with E-state index in [2.05, 4.69) is 0 Å². The molecule has 1 fully saturated rings. The number of hydrogen-bond donors (Lipinski definition) is 1. The fourth-order valence-corrected chi connectivity index (χ4v) is 3.81. The molecule has 0 bridgehead atoms. The zero-order valence-corrected chi connectivity index (χ0v) is 12.5. The number of quaternary nitrogens is 1. The molecule has 1 N–H and O–H groups in total. The predicted octanol–water partition coefficient (Wildman–Crippen LogP) is 0.366. The maximum absolute atomic E-state index is 12.6. The highest BCUT2D eigenvalue weighted by Gasteiger charge is 2.32. The molecule has 2 rings (SSSR count). The zero-order valence-electron chi connectivity index (χ0n) is 11.7. The second-order valence-electron chi connectivity index (χ2n) is 5.31. The van der Waals surface area contributed by atoms with E-state index in [9.17, 15) is 21.6 Å². The molecule has 0 amide bonds. The van der Waals surface area contributed by atoms with Gasteiger partial charge in [0.2, 0.25) is 10.0 Å². The Balaban J connectivity index is 2.14. The molecule has 1 aromatic rings. The van der Waals surface area contributed by atoms with Gasteiger partial charge in [0.15, 0.2) is 0 Å². The van der Waals surface area contributed by atoms with E-state index in [1.165, 1.54) is 21.3 Å². The van der Waals surface area contributed by atoms with Gasteiger partial charge < -0.3 is 4.90 Å². The number of nitrogens with zero attached hydrogens (tertiary/aromatic N) is 1. The highest BCUT2D eigenvalue weighted by atomic mass is 32.2. The summed E-state index contributed by atoms with van der Waals surface area (Å²) in [6, 6.07) is 4.49. The quantitative estimate of drug-likeness (QED) is 0.873. The molecular formula is C13H18F3N2O2S+. The van der Waals surface area contributed by atoms with Gasteiger partial charge in [0.1, 0.15) is 0 Å². The van der Waals surface area contributed by atoms with Crippen LogP contribution in [-0.4, -0.2) is 45.9 Å². The van der Waals surface area contributed by atoms with E-state index in [4.69, 9.17) is 0 Å². The van der Waals surface area contributed by atoms with E-state index in [0.717, 1.165) is 12.1 Å². The lowest BCUT2D eigenvalue weighted by Crippen LogP contribution is -3.12. The van der Waals surface area contributed by atoms with E-state index in [-0.39, 0.29) is 5.56 Å². The molecule has 0 unspecified atom stereocenters. The maximum Gasteiger partial charge on any atom is 0.416 e. The monoisotopic (exact) mass is 323 g/mol. The highest BCUT2D eigenvalue weighted by molar-refractivity contribution is 7.88. The van der Waals surface area contributed by atoms with Gasteiger partial charge in [-0.05, 0) is 11.6 Å². The van der Waals surface area contributed by atoms with Crippen LogP contribution >= 0.6 is 0 Å². The topological polar surface area (TPSA) is 41.8 Å². The molecule has 0 aromatic heterocycles. The van der Waals surface area contributed by atoms with Crippen molar-refractivity contribution in [3.8, 4) is 0 Å². The van der Waals surface area contributed by atoms with Crippen LogP contribution in [0.2, 0.25) is 0 Å². The first kappa shape index (κ1) is 16.3. The minimum atomic E-state index is -4.46. The van der Waals surface area contributed by atoms with Crippen molar-refractivity contribution in [1.82, 2.24) is 4.31 Å². The minimum absolute atomic E-state index is 0.163. The normalized spacial score (nSPS) is 18.9. The Morgan fingerprint density at radius 2 is 1.86 bits per heavy atom. The Morgan fingerprint density at radius 3 is 2.43 bits per heavy atom. The smallest absolute Gasteiger partial charge is 0.335 e. The van der Waals surface area contributed by atoms with Crippen molar-refractivity contribution in [3.05, 3.63) is 35.4 Å². The van der Waals surface area contributed by atoms with Crippen LogP contribution in [0, 0.1) is 0 Å². The van der Waals surface area contributed by atoms with Crippen molar-refractivity contribution in [2.45, 2.75) is 11.9 Å². The maximum atomic E-state index is 12.6. The number of benzene rings is 1. The van der Waals surface area contributed by atoms with Crippen molar-refractivity contribution in [2.75, 3.05) is 33.2 Å². The summed E-state index contributed by atoms with van der Waals surface area (Å²) in [6.45, 7) is 2.24. The summed E-state index contributed by atoms with van der Waals surface area (Å²) in [6.07, 6.45) is -4.46. The fraction of sp³-hybridized carbons (Fsp3) is 0.538. The number of rotatable bonds is 3. The highest BCUT2D eigenvalue weighted by Crippen LogP contribution is 2.30. The van der Waals surface area contributed by atoms with E-state index in [1.807, 2.05) is 7.05 Å². The van der Waals surface area contributed by atoms with Gasteiger partial charge in [0, 0.05) is 0 Å². The van der Waals surface area contributed by atoms with E-state index < -0.39 is 27.5 Å². The second kappa shape index (κ2) is 5.94. The van der Waals surface area contributed by atoms with Gasteiger partial charge in [-0.2, -0.15) is 17.5 Å². The third-order valence-corrected chi connectivity index (χ3v) is 5.42. The van der Waals surface area contributed by atoms with Crippen molar-refractivity contribution in [2.24, 2.45) is 0 Å². The third kappa shape index (κ3) is 4.18. The van der Waals surface area contributed by atoms with E-state index >= 15 is 0 Å². The summed E-state index contributed by atoms with van der Waals surface area (Å²) in [5.41, 5.74) is -0.658. The number of piperazine rings is 1. The van der Waals surface area contributed by atoms with E-state index in [0.29, 0.717) is 26.2 Å². The predicted molar refractivity (Wildman–Crippen MR) is 72.3 cm³/mol. The van der Waals surface area contributed by atoms with Crippen LogP contribution in [0.4, 0.5) is 13.2 Å². The molecule has 21 heavy (non-hydrogen) atoms. The van der Waals surface area contributed by atoms with Crippen LogP contribution in [0.15, 0.2) is 24.3 Å². The zero-order chi connectivity index (χ0) is 15.7. The minimum Gasteiger partial charge on any atom is -0.335 e. The van der Waals surface area contributed by atoms with Gasteiger partial charge >= 0.3 is 6.18 Å². The molecule has 1 heterocycles. The number of halogens is 3. The van der Waals surface area contributed by atoms with Gasteiger partial charge in [-0.25, -0.2) is 8.42 Å². The lowest BCUT2D eigenvalue weighted by Gasteiger charge is -2.29. The molecule has 118 valence electrons. The van der Waals surface area contributed by atoms with Crippen molar-refractivity contribution in [3.63, 3.8) is 0 Å². The number of hydrogen-bond acceptors (Lipinski definition) is 2. The second-order valence-corrected chi connectivity index (χ2v) is 7.28. The molecule has 1 aliphatic heterocycles. The Kier molecular flexibility index (Phi) is 4.60. The van der Waals surface area contributed by atoms with Crippen LogP contribution in [0.5, 0.6) is 0 Å². The molecule has 1 aromatic carbocycles. The summed E-state index contributed by atoms with van der Waals surface area (Å²) >= 11 is 0. The number of alkyl halides is 3. The Bertz CT molecular complexity index is 594. The average molecular weight is 323 g/mol. The van der Waals surface area contributed by atoms with Crippen LogP contribution in [0.1, 0.15) is 11.1 Å². The van der Waals surface area contributed by atoms with Crippen LogP contribution in [-0.2, 0) is 22.0 Å². The molecular weight excluding hydrogens is 305 g/mol. The summed E-state index contributed by atoms with van der Waals surface area (Å²) in [5, 5.41) is 0. The van der Waals surface area contributed by atoms with Crippen LogP contribution < -0.4 is 4.90 Å². The van der Waals surface area contributed by atoms with Gasteiger partial charge in [-0.15, -0.1) is 0 Å². The molecule has 1 aliphatic rings. The molecule has 0 radical (unpaired) electrons. The van der Waals surface area contributed by atoms with Gasteiger partial charge in [0.05, 0.1) is 44.5 Å². The largest absolute Gasteiger partial charge is 0.416 e. The lowest BCUT2D eigenvalue weighted by molar-refractivity contribution is -0.883. The summed E-state index contributed by atoms with van der Waals surface area (Å²) < 4.78 is 63.8. The number of likely N-dealkylation sites (N-methyl/N-ethyl adjacent to an activating group) is 1. The molecule has 0 aliphatic carbocycles. The van der Waals surface area contributed by atoms with Crippen LogP contribution in [0.3, 0.4) is 0 Å². The van der Waals surface area contributed by atoms with Crippen molar-refractivity contribution >= 4 is 10.0 Å². The summed E-state index contributed by atoms with van der Waals surface area (Å²) in [5.74, 6) is -0.393. The summed E-state index contributed by atoms with van der Waals surface area (Å²) in [7, 11) is -1.59. The Labute approximate surface area is 122 Å². The first-order valence-electron chi connectivity index (χ1n) is 6.64. The fourth-order valence-electron chi connectivity index (χ4n) is 2.29. The molecule has 0 spiro atoms. The molecule has 4 nitrogen and oxygen atoms in total. The third-order valence-electron chi connectivity index (χ3n) is 3.57. The molecule has 0 saturated carbocycles. The van der Waals surface area contributed by atoms with E-state index in [1.54, 1.807) is 0 Å². The molecule has 1 saturated heterocycles. The van der Waals surface area contributed by atoms with Gasteiger partial charge in [0.25, 0.3) is 0 Å². The number of nitrogens with one attached hydrogen (secondary N) is 1. The van der Waals surface area contributed by atoms with Crippen LogP contribution in [0.25, 0.3) is 0 Å². The Hall–Kier alpha value is -1.12. The Morgan fingerprint density at radius 1 is 1.24 bits per heavy atom. The van der Waals surface area contributed by atoms with Gasteiger partial charge in [-0.1, -0.05) is 18.2 Å². The van der Waals surface area contributed by atoms with Crippen molar-refractivity contribution in [1.29, 1.82) is 0 Å². The molecule has 0 atom stereocenters.